The molecule has 0 radical (unpaired) electrons. The zero-order valence-electron chi connectivity index (χ0n) is 19.3. The first-order chi connectivity index (χ1) is 17.9. The molecule has 9 rings (SSSR count). The van der Waals surface area contributed by atoms with Gasteiger partial charge in [-0.2, -0.15) is 0 Å². The van der Waals surface area contributed by atoms with E-state index in [4.69, 9.17) is 4.42 Å². The first-order valence-electron chi connectivity index (χ1n) is 12.4. The van der Waals surface area contributed by atoms with Gasteiger partial charge in [0.15, 0.2) is 0 Å². The SMILES string of the molecule is c1ccc2c(c1)ccc1c2c2cc(-c3cccc4c3oc3ccccc34)cc3c4ccccc4n1c32. The fraction of sp³-hybridized carbons (Fsp3) is 0. The standard InChI is InChI=1S/C34H19NO/c1-2-9-22-20(8-1)16-17-30-32(22)28-19-21(18-27-24-10-3-5-14-29(24)35(30)33(27)28)23-12-7-13-26-25-11-4-6-15-31(25)36-34(23)26/h1-19H. The Balaban J connectivity index is 1.52. The Morgan fingerprint density at radius 3 is 2.19 bits per heavy atom. The highest BCUT2D eigenvalue weighted by atomic mass is 16.3. The summed E-state index contributed by atoms with van der Waals surface area (Å²) in [7, 11) is 0. The quantitative estimate of drug-likeness (QED) is 0.240. The van der Waals surface area contributed by atoms with Crippen molar-refractivity contribution in [3.05, 3.63) is 115 Å². The third-order valence-corrected chi connectivity index (χ3v) is 7.90. The Hall–Kier alpha value is -4.82. The molecule has 9 aromatic rings. The maximum absolute atomic E-state index is 6.44. The van der Waals surface area contributed by atoms with E-state index in [1.807, 2.05) is 6.07 Å². The van der Waals surface area contributed by atoms with Gasteiger partial charge in [-0.15, -0.1) is 0 Å². The van der Waals surface area contributed by atoms with E-state index in [9.17, 15) is 0 Å². The maximum Gasteiger partial charge on any atom is 0.143 e. The summed E-state index contributed by atoms with van der Waals surface area (Å²) < 4.78 is 8.89. The average Bonchev–Trinajstić information content (AvgIpc) is 3.59. The van der Waals surface area contributed by atoms with Gasteiger partial charge >= 0.3 is 0 Å². The van der Waals surface area contributed by atoms with Crippen molar-refractivity contribution in [2.75, 3.05) is 0 Å². The lowest BCUT2D eigenvalue weighted by atomic mass is 9.96. The Bertz CT molecular complexity index is 2310. The molecule has 2 nitrogen and oxygen atoms in total. The van der Waals surface area contributed by atoms with Crippen LogP contribution >= 0.6 is 0 Å². The fourth-order valence-electron chi connectivity index (χ4n) is 6.40. The van der Waals surface area contributed by atoms with Crippen LogP contribution in [-0.2, 0) is 0 Å². The summed E-state index contributed by atoms with van der Waals surface area (Å²) in [6, 6.07) is 41.6. The Labute approximate surface area is 205 Å². The topological polar surface area (TPSA) is 17.6 Å². The summed E-state index contributed by atoms with van der Waals surface area (Å²) in [5.74, 6) is 0. The Morgan fingerprint density at radius 2 is 1.25 bits per heavy atom. The highest BCUT2D eigenvalue weighted by molar-refractivity contribution is 6.29. The van der Waals surface area contributed by atoms with Crippen LogP contribution in [0.2, 0.25) is 0 Å². The van der Waals surface area contributed by atoms with Gasteiger partial charge in [0.05, 0.1) is 16.6 Å². The minimum absolute atomic E-state index is 0.929. The lowest BCUT2D eigenvalue weighted by Crippen LogP contribution is -1.81. The van der Waals surface area contributed by atoms with Crippen LogP contribution in [0.25, 0.3) is 81.9 Å². The van der Waals surface area contributed by atoms with Gasteiger partial charge in [-0.25, -0.2) is 0 Å². The highest BCUT2D eigenvalue weighted by Crippen LogP contribution is 2.45. The Kier molecular flexibility index (Phi) is 3.31. The predicted octanol–water partition coefficient (Wildman–Crippen LogP) is 9.56. The predicted molar refractivity (Wildman–Crippen MR) is 151 cm³/mol. The molecule has 0 N–H and O–H groups in total. The molecule has 0 fully saturated rings. The smallest absolute Gasteiger partial charge is 0.143 e. The number of fused-ring (bicyclic) bond motifs is 11. The van der Waals surface area contributed by atoms with Gasteiger partial charge in [-0.3, -0.25) is 0 Å². The van der Waals surface area contributed by atoms with E-state index >= 15 is 0 Å². The number of benzene rings is 6. The normalized spacial score (nSPS) is 12.4. The van der Waals surface area contributed by atoms with Gasteiger partial charge in [0.1, 0.15) is 11.2 Å². The molecule has 6 aromatic carbocycles. The molecule has 0 atom stereocenters. The number of hydrogen-bond acceptors (Lipinski definition) is 1. The number of nitrogens with zero attached hydrogens (tertiary/aromatic N) is 1. The molecule has 2 heteroatoms. The molecule has 0 aliphatic rings. The van der Waals surface area contributed by atoms with Crippen LogP contribution in [0, 0.1) is 0 Å². The molecule has 0 spiro atoms. The second kappa shape index (κ2) is 6.44. The van der Waals surface area contributed by atoms with E-state index in [1.54, 1.807) is 0 Å². The number of hydrogen-bond donors (Lipinski definition) is 0. The average molecular weight is 458 g/mol. The second-order valence-corrected chi connectivity index (χ2v) is 9.73. The first-order valence-corrected chi connectivity index (χ1v) is 12.4. The highest BCUT2D eigenvalue weighted by Gasteiger charge is 2.21. The van der Waals surface area contributed by atoms with Crippen LogP contribution in [0.4, 0.5) is 0 Å². The molecular weight excluding hydrogens is 438 g/mol. The van der Waals surface area contributed by atoms with Crippen molar-refractivity contribution < 1.29 is 4.42 Å². The van der Waals surface area contributed by atoms with Crippen molar-refractivity contribution in [1.82, 2.24) is 4.40 Å². The van der Waals surface area contributed by atoms with Crippen molar-refractivity contribution in [2.24, 2.45) is 0 Å². The van der Waals surface area contributed by atoms with E-state index in [-0.39, 0.29) is 0 Å². The van der Waals surface area contributed by atoms with E-state index in [1.165, 1.54) is 54.4 Å². The van der Waals surface area contributed by atoms with Crippen molar-refractivity contribution >= 4 is 70.8 Å². The molecule has 0 bridgehead atoms. The van der Waals surface area contributed by atoms with Crippen LogP contribution in [0.15, 0.2) is 120 Å². The summed E-state index contributed by atoms with van der Waals surface area (Å²) in [5, 5.41) is 10.1. The number of para-hydroxylation sites is 3. The molecule has 0 amide bonds. The molecule has 0 unspecified atom stereocenters. The molecule has 0 saturated carbocycles. The van der Waals surface area contributed by atoms with Crippen molar-refractivity contribution in [3.63, 3.8) is 0 Å². The van der Waals surface area contributed by atoms with Gasteiger partial charge in [0, 0.05) is 37.9 Å². The van der Waals surface area contributed by atoms with Crippen LogP contribution in [0.3, 0.4) is 0 Å². The number of aromatic nitrogens is 1. The van der Waals surface area contributed by atoms with E-state index < -0.39 is 0 Å². The summed E-state index contributed by atoms with van der Waals surface area (Å²) in [6.07, 6.45) is 0. The zero-order chi connectivity index (χ0) is 23.4. The van der Waals surface area contributed by atoms with Crippen molar-refractivity contribution in [3.8, 4) is 11.1 Å². The monoisotopic (exact) mass is 457 g/mol. The van der Waals surface area contributed by atoms with E-state index in [0.29, 0.717) is 0 Å². The number of furan rings is 1. The van der Waals surface area contributed by atoms with Crippen LogP contribution < -0.4 is 0 Å². The third-order valence-electron chi connectivity index (χ3n) is 7.90. The number of rotatable bonds is 1. The van der Waals surface area contributed by atoms with Gasteiger partial charge < -0.3 is 8.82 Å². The largest absolute Gasteiger partial charge is 0.455 e. The molecule has 36 heavy (non-hydrogen) atoms. The molecule has 0 aliphatic heterocycles. The Morgan fingerprint density at radius 1 is 0.500 bits per heavy atom. The molecule has 0 saturated heterocycles. The molecule has 0 aliphatic carbocycles. The molecule has 3 heterocycles. The zero-order valence-corrected chi connectivity index (χ0v) is 19.3. The summed E-state index contributed by atoms with van der Waals surface area (Å²) >= 11 is 0. The van der Waals surface area contributed by atoms with E-state index in [0.717, 1.165) is 27.5 Å². The summed E-state index contributed by atoms with van der Waals surface area (Å²) in [5.41, 5.74) is 8.00. The van der Waals surface area contributed by atoms with Crippen molar-refractivity contribution in [2.45, 2.75) is 0 Å². The minimum Gasteiger partial charge on any atom is -0.455 e. The van der Waals surface area contributed by atoms with Crippen LogP contribution in [0.5, 0.6) is 0 Å². The fourth-order valence-corrected chi connectivity index (χ4v) is 6.40. The second-order valence-electron chi connectivity index (χ2n) is 9.73. The van der Waals surface area contributed by atoms with Crippen LogP contribution in [0.1, 0.15) is 0 Å². The molecule has 3 aromatic heterocycles. The van der Waals surface area contributed by atoms with Gasteiger partial charge in [0.2, 0.25) is 0 Å². The first kappa shape index (κ1) is 18.5. The summed E-state index contributed by atoms with van der Waals surface area (Å²) in [6.45, 7) is 0. The van der Waals surface area contributed by atoms with E-state index in [2.05, 4.69) is 114 Å². The molecular formula is C34H19NO. The lowest BCUT2D eigenvalue weighted by Gasteiger charge is -2.06. The van der Waals surface area contributed by atoms with Gasteiger partial charge in [-0.05, 0) is 46.7 Å². The summed E-state index contributed by atoms with van der Waals surface area (Å²) in [4.78, 5) is 0. The van der Waals surface area contributed by atoms with Gasteiger partial charge in [-0.1, -0.05) is 84.9 Å². The van der Waals surface area contributed by atoms with Crippen molar-refractivity contribution in [1.29, 1.82) is 0 Å². The molecule has 166 valence electrons. The maximum atomic E-state index is 6.44. The van der Waals surface area contributed by atoms with Gasteiger partial charge in [0.25, 0.3) is 0 Å². The minimum atomic E-state index is 0.929. The third kappa shape index (κ3) is 2.18. The van der Waals surface area contributed by atoms with Crippen LogP contribution in [-0.4, -0.2) is 4.40 Å². The lowest BCUT2D eigenvalue weighted by molar-refractivity contribution is 0.670.